The summed E-state index contributed by atoms with van der Waals surface area (Å²) in [5, 5.41) is 9.65. The highest BCUT2D eigenvalue weighted by atomic mass is 35.5. The van der Waals surface area contributed by atoms with Gasteiger partial charge in [-0.15, -0.1) is 0 Å². The Morgan fingerprint density at radius 1 is 1.20 bits per heavy atom. The third-order valence-corrected chi connectivity index (χ3v) is 3.38. The Kier molecular flexibility index (Phi) is 4.29. The molecule has 0 aliphatic rings. The van der Waals surface area contributed by atoms with Crippen molar-refractivity contribution in [2.45, 2.75) is 0 Å². The molecular weight excluding hydrogens is 295 g/mol. The van der Waals surface area contributed by atoms with E-state index in [0.717, 1.165) is 0 Å². The molecule has 0 fully saturated rings. The Hall–Kier alpha value is -2.02. The van der Waals surface area contributed by atoms with E-state index < -0.39 is 0 Å². The molecule has 0 aromatic heterocycles. The lowest BCUT2D eigenvalue weighted by atomic mass is 10.1. The average Bonchev–Trinajstić information content (AvgIpc) is 2.46. The molecule has 2 rings (SSSR count). The number of nitriles is 1. The van der Waals surface area contributed by atoms with Crippen LogP contribution in [-0.4, -0.2) is 13.0 Å². The summed E-state index contributed by atoms with van der Waals surface area (Å²) >= 11 is 11.8. The van der Waals surface area contributed by atoms with E-state index in [0.29, 0.717) is 26.9 Å². The zero-order chi connectivity index (χ0) is 14.7. The molecular formula is C15H10Cl2N2O. The molecule has 1 amide bonds. The van der Waals surface area contributed by atoms with Crippen LogP contribution >= 0.6 is 23.2 Å². The number of hydrogen-bond donors (Lipinski definition) is 0. The molecule has 2 aromatic carbocycles. The number of benzene rings is 2. The van der Waals surface area contributed by atoms with Gasteiger partial charge in [0.1, 0.15) is 0 Å². The molecule has 0 saturated heterocycles. The standard InChI is InChI=1S/C15H10Cl2N2O/c1-19(12-4-2-3-10(7-12)9-18)15(20)13-6-5-11(16)8-14(13)17/h2-8H,1H3. The Labute approximate surface area is 127 Å². The minimum Gasteiger partial charge on any atom is -0.311 e. The van der Waals surface area contributed by atoms with E-state index in [1.807, 2.05) is 6.07 Å². The van der Waals surface area contributed by atoms with Crippen LogP contribution in [0.2, 0.25) is 10.0 Å². The highest BCUT2D eigenvalue weighted by Gasteiger charge is 2.17. The minimum atomic E-state index is -0.262. The molecule has 0 radical (unpaired) electrons. The third-order valence-electron chi connectivity index (χ3n) is 2.83. The van der Waals surface area contributed by atoms with Crippen LogP contribution in [0.4, 0.5) is 5.69 Å². The van der Waals surface area contributed by atoms with Crippen molar-refractivity contribution >= 4 is 34.8 Å². The molecule has 0 atom stereocenters. The highest BCUT2D eigenvalue weighted by molar-refractivity contribution is 6.37. The molecule has 0 aliphatic carbocycles. The van der Waals surface area contributed by atoms with Crippen LogP contribution in [0, 0.1) is 11.3 Å². The Morgan fingerprint density at radius 3 is 2.60 bits per heavy atom. The van der Waals surface area contributed by atoms with Gasteiger partial charge in [-0.05, 0) is 36.4 Å². The van der Waals surface area contributed by atoms with Gasteiger partial charge in [-0.25, -0.2) is 0 Å². The van der Waals surface area contributed by atoms with Crippen LogP contribution in [0.1, 0.15) is 15.9 Å². The average molecular weight is 305 g/mol. The molecule has 2 aromatic rings. The minimum absolute atomic E-state index is 0.262. The van der Waals surface area contributed by atoms with Crippen molar-refractivity contribution in [3.05, 3.63) is 63.6 Å². The van der Waals surface area contributed by atoms with Crippen LogP contribution in [0.15, 0.2) is 42.5 Å². The van der Waals surface area contributed by atoms with E-state index in [1.54, 1.807) is 43.4 Å². The van der Waals surface area contributed by atoms with Crippen molar-refractivity contribution in [2.75, 3.05) is 11.9 Å². The monoisotopic (exact) mass is 304 g/mol. The van der Waals surface area contributed by atoms with E-state index in [4.69, 9.17) is 28.5 Å². The number of halogens is 2. The first kappa shape index (κ1) is 14.4. The first-order valence-corrected chi connectivity index (χ1v) is 6.52. The predicted octanol–water partition coefficient (Wildman–Crippen LogP) is 4.14. The van der Waals surface area contributed by atoms with Crippen LogP contribution in [0.3, 0.4) is 0 Å². The molecule has 0 N–H and O–H groups in total. The van der Waals surface area contributed by atoms with Crippen molar-refractivity contribution in [2.24, 2.45) is 0 Å². The summed E-state index contributed by atoms with van der Waals surface area (Å²) < 4.78 is 0. The van der Waals surface area contributed by atoms with Gasteiger partial charge < -0.3 is 4.90 Å². The Balaban J connectivity index is 2.35. The van der Waals surface area contributed by atoms with Crippen molar-refractivity contribution in [3.8, 4) is 6.07 Å². The number of rotatable bonds is 2. The molecule has 0 aliphatic heterocycles. The molecule has 100 valence electrons. The number of hydrogen-bond acceptors (Lipinski definition) is 2. The molecule has 0 unspecified atom stereocenters. The van der Waals surface area contributed by atoms with Gasteiger partial charge in [0, 0.05) is 17.8 Å². The number of nitrogens with zero attached hydrogens (tertiary/aromatic N) is 2. The Bertz CT molecular complexity index is 707. The first-order chi connectivity index (χ1) is 9.52. The Morgan fingerprint density at radius 2 is 1.95 bits per heavy atom. The summed E-state index contributed by atoms with van der Waals surface area (Å²) in [4.78, 5) is 13.8. The van der Waals surface area contributed by atoms with Crippen LogP contribution in [0.25, 0.3) is 0 Å². The molecule has 3 nitrogen and oxygen atoms in total. The number of carbonyl (C=O) groups is 1. The SMILES string of the molecule is CN(C(=O)c1ccc(Cl)cc1Cl)c1cccc(C#N)c1. The fourth-order valence-corrected chi connectivity index (χ4v) is 2.23. The third kappa shape index (κ3) is 2.93. The van der Waals surface area contributed by atoms with Gasteiger partial charge >= 0.3 is 0 Å². The maximum Gasteiger partial charge on any atom is 0.259 e. The maximum atomic E-state index is 12.4. The van der Waals surface area contributed by atoms with Gasteiger partial charge in [-0.2, -0.15) is 5.26 Å². The van der Waals surface area contributed by atoms with Crippen molar-refractivity contribution in [3.63, 3.8) is 0 Å². The first-order valence-electron chi connectivity index (χ1n) is 5.76. The number of amides is 1. The van der Waals surface area contributed by atoms with E-state index in [-0.39, 0.29) is 5.91 Å². The van der Waals surface area contributed by atoms with Gasteiger partial charge in [0.05, 0.1) is 22.2 Å². The van der Waals surface area contributed by atoms with Gasteiger partial charge in [0.2, 0.25) is 0 Å². The van der Waals surface area contributed by atoms with Crippen LogP contribution < -0.4 is 4.90 Å². The van der Waals surface area contributed by atoms with Crippen LogP contribution in [0.5, 0.6) is 0 Å². The molecule has 5 heteroatoms. The van der Waals surface area contributed by atoms with E-state index in [2.05, 4.69) is 0 Å². The smallest absolute Gasteiger partial charge is 0.259 e. The largest absolute Gasteiger partial charge is 0.311 e. The molecule has 20 heavy (non-hydrogen) atoms. The summed E-state index contributed by atoms with van der Waals surface area (Å²) in [6.07, 6.45) is 0. The topological polar surface area (TPSA) is 44.1 Å². The zero-order valence-electron chi connectivity index (χ0n) is 10.6. The lowest BCUT2D eigenvalue weighted by Crippen LogP contribution is -2.26. The zero-order valence-corrected chi connectivity index (χ0v) is 12.1. The number of anilines is 1. The van der Waals surface area contributed by atoms with E-state index >= 15 is 0 Å². The quantitative estimate of drug-likeness (QED) is 0.837. The second-order valence-electron chi connectivity index (χ2n) is 4.15. The maximum absolute atomic E-state index is 12.4. The van der Waals surface area contributed by atoms with Gasteiger partial charge in [0.15, 0.2) is 0 Å². The van der Waals surface area contributed by atoms with Gasteiger partial charge in [0.25, 0.3) is 5.91 Å². The molecule has 0 saturated carbocycles. The van der Waals surface area contributed by atoms with Crippen molar-refractivity contribution < 1.29 is 4.79 Å². The van der Waals surface area contributed by atoms with Gasteiger partial charge in [-0.1, -0.05) is 29.3 Å². The molecule has 0 heterocycles. The predicted molar refractivity (Wildman–Crippen MR) is 80.4 cm³/mol. The van der Waals surface area contributed by atoms with E-state index in [9.17, 15) is 4.79 Å². The van der Waals surface area contributed by atoms with Crippen molar-refractivity contribution in [1.82, 2.24) is 0 Å². The van der Waals surface area contributed by atoms with Gasteiger partial charge in [-0.3, -0.25) is 4.79 Å². The second kappa shape index (κ2) is 5.96. The van der Waals surface area contributed by atoms with Crippen molar-refractivity contribution in [1.29, 1.82) is 5.26 Å². The lowest BCUT2D eigenvalue weighted by molar-refractivity contribution is 0.0993. The summed E-state index contributed by atoms with van der Waals surface area (Å²) in [5.41, 5.74) is 1.48. The van der Waals surface area contributed by atoms with Crippen LogP contribution in [-0.2, 0) is 0 Å². The summed E-state index contributed by atoms with van der Waals surface area (Å²) in [5.74, 6) is -0.262. The normalized spacial score (nSPS) is 9.90. The fourth-order valence-electron chi connectivity index (χ4n) is 1.74. The molecule has 0 bridgehead atoms. The second-order valence-corrected chi connectivity index (χ2v) is 4.99. The lowest BCUT2D eigenvalue weighted by Gasteiger charge is -2.18. The highest BCUT2D eigenvalue weighted by Crippen LogP contribution is 2.24. The number of carbonyl (C=O) groups excluding carboxylic acids is 1. The molecule has 0 spiro atoms. The van der Waals surface area contributed by atoms with E-state index in [1.165, 1.54) is 11.0 Å². The summed E-state index contributed by atoms with van der Waals surface area (Å²) in [6, 6.07) is 13.5. The fraction of sp³-hybridized carbons (Fsp3) is 0.0667. The summed E-state index contributed by atoms with van der Waals surface area (Å²) in [7, 11) is 1.63. The summed E-state index contributed by atoms with van der Waals surface area (Å²) in [6.45, 7) is 0.